The van der Waals surface area contributed by atoms with E-state index in [1.807, 2.05) is 72.8 Å². The smallest absolute Gasteiger partial charge is 0.253 e. The van der Waals surface area contributed by atoms with Crippen LogP contribution in [0.1, 0.15) is 31.8 Å². The van der Waals surface area contributed by atoms with E-state index < -0.39 is 0 Å². The Morgan fingerprint density at radius 2 is 1.03 bits per heavy atom. The molecule has 152 valence electrons. The van der Waals surface area contributed by atoms with E-state index in [-0.39, 0.29) is 11.8 Å². The zero-order valence-corrected chi connectivity index (χ0v) is 17.5. The van der Waals surface area contributed by atoms with Gasteiger partial charge in [-0.05, 0) is 35.4 Å². The van der Waals surface area contributed by atoms with Crippen molar-refractivity contribution < 1.29 is 14.3 Å². The summed E-state index contributed by atoms with van der Waals surface area (Å²) in [6, 6.07) is 14.9. The van der Waals surface area contributed by atoms with Crippen LogP contribution in [0.5, 0.6) is 0 Å². The monoisotopic (exact) mass is 392 g/mol. The average molecular weight is 392 g/mol. The summed E-state index contributed by atoms with van der Waals surface area (Å²) in [5.41, 5.74) is 3.39. The Kier molecular flexibility index (Phi) is 8.37. The van der Waals surface area contributed by atoms with E-state index in [0.717, 1.165) is 11.1 Å². The van der Waals surface area contributed by atoms with Gasteiger partial charge in [0.2, 0.25) is 0 Å². The lowest BCUT2D eigenvalue weighted by Gasteiger charge is -2.09. The van der Waals surface area contributed by atoms with Crippen LogP contribution < -0.4 is 0 Å². The van der Waals surface area contributed by atoms with Crippen LogP contribution in [0, 0.1) is 0 Å². The summed E-state index contributed by atoms with van der Waals surface area (Å²) in [6.45, 7) is 0.998. The summed E-state index contributed by atoms with van der Waals surface area (Å²) in [6.07, 6.45) is 7.82. The van der Waals surface area contributed by atoms with Gasteiger partial charge >= 0.3 is 0 Å². The van der Waals surface area contributed by atoms with Gasteiger partial charge in [-0.2, -0.15) is 0 Å². The fourth-order valence-electron chi connectivity index (χ4n) is 2.56. The summed E-state index contributed by atoms with van der Waals surface area (Å²) < 4.78 is 5.57. The fraction of sp³-hybridized carbons (Fsp3) is 0.250. The molecule has 2 aromatic carbocycles. The fourth-order valence-corrected chi connectivity index (χ4v) is 2.56. The molecule has 0 N–H and O–H groups in total. The summed E-state index contributed by atoms with van der Waals surface area (Å²) >= 11 is 0. The number of ether oxygens (including phenoxy) is 1. The van der Waals surface area contributed by atoms with Gasteiger partial charge in [0.1, 0.15) is 0 Å². The molecule has 5 heteroatoms. The maximum atomic E-state index is 11.9. The highest BCUT2D eigenvalue weighted by atomic mass is 16.5. The molecule has 0 bridgehead atoms. The minimum atomic E-state index is -0.00501. The highest BCUT2D eigenvalue weighted by Gasteiger charge is 2.07. The Hall–Kier alpha value is -3.18. The minimum Gasteiger partial charge on any atom is -0.373 e. The average Bonchev–Trinajstić information content (AvgIpc) is 2.72. The highest BCUT2D eigenvalue weighted by Crippen LogP contribution is 2.09. The molecule has 2 aromatic rings. The molecule has 29 heavy (non-hydrogen) atoms. The molecular weight excluding hydrogens is 364 g/mol. The van der Waals surface area contributed by atoms with Crippen LogP contribution in [0.3, 0.4) is 0 Å². The maximum Gasteiger partial charge on any atom is 0.253 e. The van der Waals surface area contributed by atoms with E-state index in [9.17, 15) is 9.59 Å². The number of benzene rings is 2. The van der Waals surface area contributed by atoms with E-state index >= 15 is 0 Å². The summed E-state index contributed by atoms with van der Waals surface area (Å²) in [5.74, 6) is -0.0100. The zero-order chi connectivity index (χ0) is 21.2. The minimum absolute atomic E-state index is 0.00501. The molecule has 0 atom stereocenters. The number of hydrogen-bond donors (Lipinski definition) is 0. The second kappa shape index (κ2) is 11.0. The van der Waals surface area contributed by atoms with Gasteiger partial charge in [-0.1, -0.05) is 48.6 Å². The second-order valence-electron chi connectivity index (χ2n) is 6.99. The number of rotatable bonds is 8. The third-order valence-corrected chi connectivity index (χ3v) is 4.18. The first kappa shape index (κ1) is 22.1. The number of amides is 2. The highest BCUT2D eigenvalue weighted by molar-refractivity contribution is 5.94. The molecule has 5 nitrogen and oxygen atoms in total. The molecule has 2 rings (SSSR count). The number of carbonyl (C=O) groups excluding carboxylic acids is 2. The molecule has 0 fully saturated rings. The molecule has 0 radical (unpaired) electrons. The van der Waals surface area contributed by atoms with Gasteiger partial charge in [0.15, 0.2) is 0 Å². The Morgan fingerprint density at radius 1 is 0.690 bits per heavy atom. The Labute approximate surface area is 172 Å². The van der Waals surface area contributed by atoms with Gasteiger partial charge in [0.25, 0.3) is 11.8 Å². The topological polar surface area (TPSA) is 49.9 Å². The Bertz CT molecular complexity index is 791. The first-order valence-corrected chi connectivity index (χ1v) is 9.42. The number of nitrogens with zero attached hydrogens (tertiary/aromatic N) is 2. The van der Waals surface area contributed by atoms with E-state index in [0.29, 0.717) is 24.3 Å². The Balaban J connectivity index is 1.74. The molecular formula is C24H28N2O3. The SMILES string of the molecule is CN(C)C(=O)c1ccc(C=CCOCC=Cc2ccc(C(=O)N(C)C)cc2)cc1. The number of carbonyl (C=O) groups is 2. The molecule has 0 aliphatic rings. The van der Waals surface area contributed by atoms with Gasteiger partial charge < -0.3 is 14.5 Å². The molecule has 0 spiro atoms. The molecule has 0 heterocycles. The van der Waals surface area contributed by atoms with Crippen molar-refractivity contribution >= 4 is 24.0 Å². The van der Waals surface area contributed by atoms with Crippen molar-refractivity contribution in [2.24, 2.45) is 0 Å². The van der Waals surface area contributed by atoms with Crippen LogP contribution in [0.25, 0.3) is 12.2 Å². The predicted molar refractivity (Wildman–Crippen MR) is 118 cm³/mol. The van der Waals surface area contributed by atoms with Crippen LogP contribution in [0.15, 0.2) is 60.7 Å². The molecule has 0 saturated carbocycles. The Morgan fingerprint density at radius 3 is 1.34 bits per heavy atom. The largest absolute Gasteiger partial charge is 0.373 e. The predicted octanol–water partition coefficient (Wildman–Crippen LogP) is 3.83. The maximum absolute atomic E-state index is 11.9. The van der Waals surface area contributed by atoms with E-state index in [1.54, 1.807) is 38.0 Å². The molecule has 0 aliphatic heterocycles. The van der Waals surface area contributed by atoms with Gasteiger partial charge in [-0.25, -0.2) is 0 Å². The lowest BCUT2D eigenvalue weighted by atomic mass is 10.1. The van der Waals surface area contributed by atoms with E-state index in [2.05, 4.69) is 0 Å². The molecule has 2 amide bonds. The van der Waals surface area contributed by atoms with Crippen LogP contribution >= 0.6 is 0 Å². The first-order valence-electron chi connectivity index (χ1n) is 9.42. The van der Waals surface area contributed by atoms with Gasteiger partial charge in [-0.15, -0.1) is 0 Å². The molecule has 0 unspecified atom stereocenters. The van der Waals surface area contributed by atoms with Gasteiger partial charge in [-0.3, -0.25) is 9.59 Å². The van der Waals surface area contributed by atoms with Crippen molar-refractivity contribution in [3.8, 4) is 0 Å². The van der Waals surface area contributed by atoms with Crippen molar-refractivity contribution in [3.05, 3.63) is 82.9 Å². The van der Waals surface area contributed by atoms with Crippen molar-refractivity contribution in [3.63, 3.8) is 0 Å². The first-order chi connectivity index (χ1) is 13.9. The van der Waals surface area contributed by atoms with Gasteiger partial charge in [0.05, 0.1) is 13.2 Å². The van der Waals surface area contributed by atoms with Crippen molar-refractivity contribution in [1.82, 2.24) is 9.80 Å². The quantitative estimate of drug-likeness (QED) is 0.642. The lowest BCUT2D eigenvalue weighted by Crippen LogP contribution is -2.21. The third kappa shape index (κ3) is 7.05. The van der Waals surface area contributed by atoms with Crippen molar-refractivity contribution in [2.75, 3.05) is 41.4 Å². The van der Waals surface area contributed by atoms with Crippen molar-refractivity contribution in [1.29, 1.82) is 0 Å². The summed E-state index contributed by atoms with van der Waals surface area (Å²) in [4.78, 5) is 26.8. The van der Waals surface area contributed by atoms with Crippen LogP contribution in [-0.4, -0.2) is 63.0 Å². The third-order valence-electron chi connectivity index (χ3n) is 4.18. The summed E-state index contributed by atoms with van der Waals surface area (Å²) in [7, 11) is 6.96. The normalized spacial score (nSPS) is 11.2. The second-order valence-corrected chi connectivity index (χ2v) is 6.99. The molecule has 0 saturated heterocycles. The van der Waals surface area contributed by atoms with E-state index in [4.69, 9.17) is 4.74 Å². The van der Waals surface area contributed by atoms with Crippen LogP contribution in [0.4, 0.5) is 0 Å². The van der Waals surface area contributed by atoms with E-state index in [1.165, 1.54) is 0 Å². The van der Waals surface area contributed by atoms with Crippen LogP contribution in [-0.2, 0) is 4.74 Å². The summed E-state index contributed by atoms with van der Waals surface area (Å²) in [5, 5.41) is 0. The lowest BCUT2D eigenvalue weighted by molar-refractivity contribution is 0.0820. The zero-order valence-electron chi connectivity index (χ0n) is 17.5. The van der Waals surface area contributed by atoms with Crippen molar-refractivity contribution in [2.45, 2.75) is 0 Å². The molecule has 0 aliphatic carbocycles. The molecule has 0 aromatic heterocycles. The number of hydrogen-bond acceptors (Lipinski definition) is 3. The van der Waals surface area contributed by atoms with Crippen LogP contribution in [0.2, 0.25) is 0 Å². The standard InChI is InChI=1S/C24H28N2O3/c1-25(2)23(27)21-13-9-19(10-14-21)7-5-17-29-18-6-8-20-11-15-22(16-12-20)24(28)26(3)4/h5-16H,17-18H2,1-4H3. The van der Waals surface area contributed by atoms with Gasteiger partial charge in [0, 0.05) is 39.3 Å².